The summed E-state index contributed by atoms with van der Waals surface area (Å²) in [6.45, 7) is -0.394. The summed E-state index contributed by atoms with van der Waals surface area (Å²) in [5.41, 5.74) is 1.64. The molecule has 0 saturated carbocycles. The lowest BCUT2D eigenvalue weighted by Crippen LogP contribution is -2.33. The number of aromatic nitrogens is 4. The summed E-state index contributed by atoms with van der Waals surface area (Å²) in [7, 11) is 0. The van der Waals surface area contributed by atoms with Gasteiger partial charge in [0.15, 0.2) is 11.9 Å². The fraction of sp³-hybridized carbons (Fsp3) is 0.286. The van der Waals surface area contributed by atoms with Crippen molar-refractivity contribution in [3.8, 4) is 0 Å². The first-order chi connectivity index (χ1) is 14.7. The van der Waals surface area contributed by atoms with Gasteiger partial charge in [0, 0.05) is 5.75 Å². The first kappa shape index (κ1) is 20.7. The zero-order valence-electron chi connectivity index (χ0n) is 16.0. The number of benzene rings is 1. The van der Waals surface area contributed by atoms with Gasteiger partial charge in [0.1, 0.15) is 29.7 Å². The van der Waals surface area contributed by atoms with Crippen LogP contribution < -0.4 is 0 Å². The van der Waals surface area contributed by atoms with Gasteiger partial charge in [-0.2, -0.15) is 5.10 Å². The van der Waals surface area contributed by atoms with Crippen LogP contribution in [-0.2, 0) is 4.74 Å². The largest absolute Gasteiger partial charge is 0.394 e. The summed E-state index contributed by atoms with van der Waals surface area (Å²) in [5.74, 6) is 0.713. The number of allylic oxidation sites excluding steroid dienone is 2. The van der Waals surface area contributed by atoms with Gasteiger partial charge in [-0.25, -0.2) is 14.6 Å². The quantitative estimate of drug-likeness (QED) is 0.298. The number of rotatable bonds is 7. The molecular formula is C21H22N4O4S. The van der Waals surface area contributed by atoms with Crippen molar-refractivity contribution in [2.24, 2.45) is 0 Å². The number of aliphatic hydroxyl groups is 3. The topological polar surface area (TPSA) is 114 Å². The van der Waals surface area contributed by atoms with Crippen LogP contribution in [-0.4, -0.2) is 65.7 Å². The van der Waals surface area contributed by atoms with Gasteiger partial charge in [-0.3, -0.25) is 0 Å². The van der Waals surface area contributed by atoms with Crippen molar-refractivity contribution in [3.63, 3.8) is 0 Å². The lowest BCUT2D eigenvalue weighted by atomic mass is 10.1. The molecule has 30 heavy (non-hydrogen) atoms. The second kappa shape index (κ2) is 9.50. The van der Waals surface area contributed by atoms with Crippen LogP contribution in [0.3, 0.4) is 0 Å². The molecule has 3 aromatic rings. The summed E-state index contributed by atoms with van der Waals surface area (Å²) in [6, 6.07) is 10.1. The van der Waals surface area contributed by atoms with E-state index < -0.39 is 31.1 Å². The first-order valence-corrected chi connectivity index (χ1v) is 10.5. The Balaban J connectivity index is 1.43. The maximum absolute atomic E-state index is 10.3. The van der Waals surface area contributed by atoms with E-state index in [0.29, 0.717) is 11.4 Å². The molecule has 0 bridgehead atoms. The van der Waals surface area contributed by atoms with E-state index in [9.17, 15) is 15.3 Å². The predicted molar refractivity (Wildman–Crippen MR) is 114 cm³/mol. The molecule has 1 fully saturated rings. The Bertz CT molecular complexity index is 1040. The molecule has 3 N–H and O–H groups in total. The minimum Gasteiger partial charge on any atom is -0.394 e. The van der Waals surface area contributed by atoms with Crippen molar-refractivity contribution in [1.29, 1.82) is 0 Å². The lowest BCUT2D eigenvalue weighted by molar-refractivity contribution is -0.0566. The van der Waals surface area contributed by atoms with E-state index in [1.54, 1.807) is 18.0 Å². The summed E-state index contributed by atoms with van der Waals surface area (Å²) < 4.78 is 6.97. The first-order valence-electron chi connectivity index (χ1n) is 9.50. The standard InChI is InChI=1S/C21H22N4O4S/c26-12-16-17(27)18(28)21(29-16)25-19-15(11-24-25)20(23-13-22-19)30-10-6-2-5-9-14-7-3-1-4-8-14/h1-9,11,13,16-18,21,26-28H,10,12H2/b6-2+,9-5+/t16-,17-,18-,21?/m1/s1. The Labute approximate surface area is 177 Å². The molecule has 0 spiro atoms. The monoisotopic (exact) mass is 426 g/mol. The smallest absolute Gasteiger partial charge is 0.181 e. The molecule has 1 aromatic carbocycles. The normalized spacial score (nSPS) is 24.5. The SMILES string of the molecule is OC[C@H]1OC(n2ncc3c(SC/C=C/C=C/c4ccccc4)ncnc32)[C@H](O)[C@@H]1O. The predicted octanol–water partition coefficient (Wildman–Crippen LogP) is 1.80. The maximum atomic E-state index is 10.3. The maximum Gasteiger partial charge on any atom is 0.181 e. The molecule has 8 nitrogen and oxygen atoms in total. The van der Waals surface area contributed by atoms with E-state index in [1.165, 1.54) is 11.0 Å². The number of hydrogen-bond acceptors (Lipinski definition) is 8. The Kier molecular flexibility index (Phi) is 6.56. The van der Waals surface area contributed by atoms with Crippen LogP contribution in [0.5, 0.6) is 0 Å². The van der Waals surface area contributed by atoms with Gasteiger partial charge in [0.2, 0.25) is 0 Å². The van der Waals surface area contributed by atoms with Gasteiger partial charge in [0.25, 0.3) is 0 Å². The average Bonchev–Trinajstić information content (AvgIpc) is 3.33. The Morgan fingerprint density at radius 2 is 1.93 bits per heavy atom. The number of fused-ring (bicyclic) bond motifs is 1. The van der Waals surface area contributed by atoms with Crippen LogP contribution in [0.1, 0.15) is 11.8 Å². The van der Waals surface area contributed by atoms with Crippen LogP contribution in [0.2, 0.25) is 0 Å². The molecule has 4 atom stereocenters. The lowest BCUT2D eigenvalue weighted by Gasteiger charge is -2.15. The second-order valence-electron chi connectivity index (χ2n) is 6.74. The second-order valence-corrected chi connectivity index (χ2v) is 7.75. The van der Waals surface area contributed by atoms with E-state index in [0.717, 1.165) is 16.0 Å². The van der Waals surface area contributed by atoms with E-state index in [2.05, 4.69) is 15.1 Å². The van der Waals surface area contributed by atoms with Gasteiger partial charge in [-0.15, -0.1) is 11.8 Å². The molecule has 1 aliphatic rings. The van der Waals surface area contributed by atoms with Gasteiger partial charge in [0.05, 0.1) is 18.2 Å². The molecule has 0 aliphatic carbocycles. The van der Waals surface area contributed by atoms with Crippen molar-refractivity contribution >= 4 is 28.9 Å². The van der Waals surface area contributed by atoms with Gasteiger partial charge in [-0.1, -0.05) is 54.6 Å². The summed E-state index contributed by atoms with van der Waals surface area (Å²) in [6.07, 6.45) is 6.91. The van der Waals surface area contributed by atoms with Crippen LogP contribution in [0.15, 0.2) is 66.1 Å². The molecule has 1 aliphatic heterocycles. The van der Waals surface area contributed by atoms with Crippen LogP contribution in [0.4, 0.5) is 0 Å². The van der Waals surface area contributed by atoms with Crippen LogP contribution >= 0.6 is 11.8 Å². The van der Waals surface area contributed by atoms with Crippen molar-refractivity contribution in [1.82, 2.24) is 19.7 Å². The minimum absolute atomic E-state index is 0.394. The van der Waals surface area contributed by atoms with E-state index >= 15 is 0 Å². The fourth-order valence-corrected chi connectivity index (χ4v) is 4.00. The number of aliphatic hydroxyl groups excluding tert-OH is 3. The zero-order chi connectivity index (χ0) is 20.9. The number of ether oxygens (including phenoxy) is 1. The molecule has 1 unspecified atom stereocenters. The Morgan fingerprint density at radius 3 is 2.70 bits per heavy atom. The molecule has 2 aromatic heterocycles. The summed E-state index contributed by atoms with van der Waals surface area (Å²) in [5, 5.41) is 35.3. The molecule has 0 amide bonds. The van der Waals surface area contributed by atoms with Crippen molar-refractivity contribution < 1.29 is 20.1 Å². The van der Waals surface area contributed by atoms with Gasteiger partial charge in [-0.05, 0) is 5.56 Å². The van der Waals surface area contributed by atoms with Crippen LogP contribution in [0.25, 0.3) is 17.1 Å². The van der Waals surface area contributed by atoms with Crippen LogP contribution in [0, 0.1) is 0 Å². The average molecular weight is 426 g/mol. The third-order valence-electron chi connectivity index (χ3n) is 4.76. The molecular weight excluding hydrogens is 404 g/mol. The molecule has 3 heterocycles. The summed E-state index contributed by atoms with van der Waals surface area (Å²) in [4.78, 5) is 8.59. The highest BCUT2D eigenvalue weighted by Gasteiger charge is 2.44. The molecule has 0 radical (unpaired) electrons. The molecule has 1 saturated heterocycles. The molecule has 4 rings (SSSR count). The van der Waals surface area contributed by atoms with Crippen molar-refractivity contribution in [3.05, 3.63) is 66.6 Å². The number of thioether (sulfide) groups is 1. The number of nitrogens with zero attached hydrogens (tertiary/aromatic N) is 4. The Morgan fingerprint density at radius 1 is 1.10 bits per heavy atom. The fourth-order valence-electron chi connectivity index (χ4n) is 3.22. The van der Waals surface area contributed by atoms with Gasteiger partial charge < -0.3 is 20.1 Å². The highest BCUT2D eigenvalue weighted by atomic mass is 32.2. The van der Waals surface area contributed by atoms with Gasteiger partial charge >= 0.3 is 0 Å². The summed E-state index contributed by atoms with van der Waals surface area (Å²) >= 11 is 1.54. The highest BCUT2D eigenvalue weighted by molar-refractivity contribution is 7.99. The highest BCUT2D eigenvalue weighted by Crippen LogP contribution is 2.32. The van der Waals surface area contributed by atoms with Crippen molar-refractivity contribution in [2.45, 2.75) is 29.6 Å². The third-order valence-corrected chi connectivity index (χ3v) is 5.72. The minimum atomic E-state index is -1.21. The molecule has 156 valence electrons. The Hall–Kier alpha value is -2.56. The van der Waals surface area contributed by atoms with E-state index in [-0.39, 0.29) is 0 Å². The zero-order valence-corrected chi connectivity index (χ0v) is 16.8. The van der Waals surface area contributed by atoms with E-state index in [4.69, 9.17) is 4.74 Å². The van der Waals surface area contributed by atoms with E-state index in [1.807, 2.05) is 54.6 Å². The third kappa shape index (κ3) is 4.30. The number of hydrogen-bond donors (Lipinski definition) is 3. The van der Waals surface area contributed by atoms with Crippen molar-refractivity contribution in [2.75, 3.05) is 12.4 Å². The molecule has 9 heteroatoms.